The first-order valence-corrected chi connectivity index (χ1v) is 8.99. The van der Waals surface area contributed by atoms with Crippen molar-refractivity contribution < 1.29 is 99.0 Å². The largest absolute Gasteiger partial charge is 0.394 e. The Labute approximate surface area is 212 Å². The lowest BCUT2D eigenvalue weighted by atomic mass is 9.98. The van der Waals surface area contributed by atoms with Crippen molar-refractivity contribution in [2.24, 2.45) is 0 Å². The van der Waals surface area contributed by atoms with Crippen LogP contribution in [0.15, 0.2) is 0 Å². The van der Waals surface area contributed by atoms with Gasteiger partial charge >= 0.3 is 0 Å². The Morgan fingerprint density at radius 2 is 1.21 bits per heavy atom. The van der Waals surface area contributed by atoms with Gasteiger partial charge in [-0.25, -0.2) is 0 Å². The van der Waals surface area contributed by atoms with Crippen molar-refractivity contribution in [1.29, 1.82) is 0 Å². The fourth-order valence-corrected chi connectivity index (χ4v) is 2.88. The summed E-state index contributed by atoms with van der Waals surface area (Å²) in [5.41, 5.74) is 0. The Hall–Kier alpha value is -0.640. The second-order valence-electron chi connectivity index (χ2n) is 6.71. The molecule has 3 rings (SSSR count). The van der Waals surface area contributed by atoms with Crippen molar-refractivity contribution in [2.75, 3.05) is 26.3 Å². The zero-order chi connectivity index (χ0) is 38.1. The van der Waals surface area contributed by atoms with Gasteiger partial charge in [0.05, 0.1) is 38.9 Å². The van der Waals surface area contributed by atoms with Crippen LogP contribution in [0.1, 0.15) is 19.2 Å². The van der Waals surface area contributed by atoms with E-state index >= 15 is 0 Å². The Kier molecular flexibility index (Phi) is 4.71. The standard InChI is InChI=1S/C18H32O16/c19-1-5-8(22)11(25)13(27)16(31-5)30-3-7-9(23)12(26)14(28)17(32-7)34-18(4-21)15(29)10(24)6(2-20)33-18/h5-17,19-29H,1-4H2/t5?,6-,7-,8+,9-,10-,11+,12+,13-,14-,15+,16?,17?,18+/m1/s1/i1D2,2D2,4D2,8D,9D,10D,11D,12D,13D,14D,15D. The molecule has 0 radical (unpaired) electrons. The van der Waals surface area contributed by atoms with E-state index in [1.165, 1.54) is 0 Å². The third kappa shape index (κ3) is 5.09. The van der Waals surface area contributed by atoms with Gasteiger partial charge in [0.15, 0.2) is 12.6 Å². The van der Waals surface area contributed by atoms with E-state index in [0.29, 0.717) is 0 Å². The summed E-state index contributed by atoms with van der Waals surface area (Å²) < 4.78 is 131. The predicted molar refractivity (Wildman–Crippen MR) is 101 cm³/mol. The SMILES string of the molecule is [2H]C([2H])(O)C1OC(OC[C@H]2OC(O[C@]3(C([2H])([2H])O)O[C@H](C([2H])([2H])O)[C@@]([2H])(O)[C@]3([2H])O)[C@]([2H])(O)[C@@]([2H])(O)[C@]2([2H])O)[C@]([2H])(O)[C@@]([2H])(O)[C@@]1([2H])O. The molecular weight excluding hydrogens is 472 g/mol. The highest BCUT2D eigenvalue weighted by atomic mass is 16.8. The highest BCUT2D eigenvalue weighted by molar-refractivity contribution is 4.98. The molecule has 11 N–H and O–H groups in total. The van der Waals surface area contributed by atoms with Crippen molar-refractivity contribution in [3.8, 4) is 0 Å². The summed E-state index contributed by atoms with van der Waals surface area (Å²) in [7, 11) is 0. The van der Waals surface area contributed by atoms with Gasteiger partial charge in [-0.05, 0) is 0 Å². The van der Waals surface area contributed by atoms with Gasteiger partial charge in [0.2, 0.25) is 5.79 Å². The monoisotopic (exact) mass is 518 g/mol. The first-order chi connectivity index (χ1) is 20.7. The number of hydrogen-bond acceptors (Lipinski definition) is 16. The summed E-state index contributed by atoms with van der Waals surface area (Å²) >= 11 is 0. The maximum atomic E-state index is 10.7. The number of aliphatic hydroxyl groups is 11. The molecule has 3 heterocycles. The van der Waals surface area contributed by atoms with Gasteiger partial charge in [-0.3, -0.25) is 0 Å². The molecule has 0 aromatic rings. The summed E-state index contributed by atoms with van der Waals surface area (Å²) in [6, 6.07) is 0. The van der Waals surface area contributed by atoms with E-state index in [9.17, 15) is 56.2 Å². The molecule has 3 aliphatic rings. The van der Waals surface area contributed by atoms with Crippen molar-refractivity contribution in [3.05, 3.63) is 0 Å². The van der Waals surface area contributed by atoms with Gasteiger partial charge in [0, 0.05) is 0 Å². The molecule has 16 nitrogen and oxygen atoms in total. The van der Waals surface area contributed by atoms with Crippen LogP contribution in [0.5, 0.6) is 0 Å². The zero-order valence-electron chi connectivity index (χ0n) is 30.6. The van der Waals surface area contributed by atoms with Crippen LogP contribution in [0.3, 0.4) is 0 Å². The minimum Gasteiger partial charge on any atom is -0.394 e. The number of rotatable bonds is 8. The average molecular weight is 519 g/mol. The predicted octanol–water partition coefficient (Wildman–Crippen LogP) is -7.57. The van der Waals surface area contributed by atoms with Crippen LogP contribution in [-0.4, -0.2) is 168 Å². The minimum absolute atomic E-state index is 1.77. The highest BCUT2D eigenvalue weighted by Crippen LogP contribution is 2.36. The lowest BCUT2D eigenvalue weighted by Crippen LogP contribution is -2.63. The van der Waals surface area contributed by atoms with Gasteiger partial charge in [-0.1, -0.05) is 0 Å². The molecular formula is C18H32O16. The molecule has 3 saturated heterocycles. The molecule has 0 aromatic carbocycles. The average Bonchev–Trinajstić information content (AvgIpc) is 3.01. The topological polar surface area (TPSA) is 269 Å². The third-order valence-electron chi connectivity index (χ3n) is 4.66. The minimum atomic E-state index is -4.54. The molecule has 0 aliphatic carbocycles. The molecule has 34 heavy (non-hydrogen) atoms. The fraction of sp³-hybridized carbons (Fsp3) is 1.00. The molecule has 0 saturated carbocycles. The second kappa shape index (κ2) is 11.2. The van der Waals surface area contributed by atoms with Gasteiger partial charge in [-0.2, -0.15) is 0 Å². The fourth-order valence-electron chi connectivity index (χ4n) is 2.88. The van der Waals surface area contributed by atoms with Gasteiger partial charge < -0.3 is 79.9 Å². The highest BCUT2D eigenvalue weighted by Gasteiger charge is 2.58. The van der Waals surface area contributed by atoms with E-state index in [0.717, 1.165) is 0 Å². The van der Waals surface area contributed by atoms with Crippen molar-refractivity contribution >= 4 is 0 Å². The molecule has 3 unspecified atom stereocenters. The van der Waals surface area contributed by atoms with Crippen LogP contribution in [0, 0.1) is 0 Å². The van der Waals surface area contributed by atoms with E-state index in [1.807, 2.05) is 0 Å². The first kappa shape index (κ1) is 14.3. The Morgan fingerprint density at radius 1 is 0.676 bits per heavy atom. The summed E-state index contributed by atoms with van der Waals surface area (Å²) in [5, 5.41) is 114. The van der Waals surface area contributed by atoms with E-state index in [1.54, 1.807) is 0 Å². The number of ether oxygens (including phenoxy) is 5. The van der Waals surface area contributed by atoms with Crippen LogP contribution in [0.4, 0.5) is 0 Å². The van der Waals surface area contributed by atoms with Crippen molar-refractivity contribution in [2.45, 2.75) is 85.3 Å². The molecule has 16 heteroatoms. The molecule has 14 atom stereocenters. The van der Waals surface area contributed by atoms with Crippen LogP contribution in [-0.2, 0) is 23.7 Å². The van der Waals surface area contributed by atoms with E-state index < -0.39 is 112 Å². The van der Waals surface area contributed by atoms with Crippen LogP contribution in [0.25, 0.3) is 0 Å². The first-order valence-electron chi connectivity index (χ1n) is 16.0. The van der Waals surface area contributed by atoms with Gasteiger partial charge in [0.25, 0.3) is 0 Å². The maximum absolute atomic E-state index is 10.7. The van der Waals surface area contributed by atoms with Gasteiger partial charge in [-0.15, -0.1) is 0 Å². The van der Waals surface area contributed by atoms with Crippen LogP contribution >= 0.6 is 0 Å². The maximum Gasteiger partial charge on any atom is 0.224 e. The third-order valence-corrected chi connectivity index (χ3v) is 4.66. The lowest BCUT2D eigenvalue weighted by Gasteiger charge is -2.44. The molecule has 3 fully saturated rings. The molecule has 3 aliphatic heterocycles. The van der Waals surface area contributed by atoms with E-state index in [4.69, 9.17) is 33.4 Å². The number of hydrogen-bond donors (Lipinski definition) is 11. The van der Waals surface area contributed by atoms with Crippen LogP contribution < -0.4 is 0 Å². The second-order valence-corrected chi connectivity index (χ2v) is 6.71. The molecule has 0 aromatic heterocycles. The summed E-state index contributed by atoms with van der Waals surface area (Å²) in [6.45, 7) is -14.1. The van der Waals surface area contributed by atoms with Crippen molar-refractivity contribution in [1.82, 2.24) is 0 Å². The molecule has 0 spiro atoms. The Bertz CT molecular complexity index is 1230. The molecule has 200 valence electrons. The summed E-state index contributed by atoms with van der Waals surface area (Å²) in [5.74, 6) is -4.50. The zero-order valence-corrected chi connectivity index (χ0v) is 16.6. The molecule has 0 bridgehead atoms. The quantitative estimate of drug-likeness (QED) is 0.142. The van der Waals surface area contributed by atoms with Crippen LogP contribution in [0.2, 0.25) is 0 Å². The van der Waals surface area contributed by atoms with Crippen molar-refractivity contribution in [3.63, 3.8) is 0 Å². The lowest BCUT2D eigenvalue weighted by molar-refractivity contribution is -0.388. The smallest absolute Gasteiger partial charge is 0.224 e. The Morgan fingerprint density at radius 3 is 1.74 bits per heavy atom. The normalized spacial score (nSPS) is 76.7. The summed E-state index contributed by atoms with van der Waals surface area (Å²) in [6.07, 6.45) is -49.8. The Balaban J connectivity index is 2.09. The van der Waals surface area contributed by atoms with E-state index in [-0.39, 0.29) is 0 Å². The summed E-state index contributed by atoms with van der Waals surface area (Å²) in [4.78, 5) is 0. The molecule has 0 amide bonds. The van der Waals surface area contributed by atoms with Gasteiger partial charge in [0.1, 0.15) is 73.5 Å². The van der Waals surface area contributed by atoms with E-state index in [2.05, 4.69) is 9.47 Å².